The van der Waals surface area contributed by atoms with Gasteiger partial charge < -0.3 is 0 Å². The van der Waals surface area contributed by atoms with Crippen LogP contribution in [0.1, 0.15) is 17.8 Å². The Balaban J connectivity index is 1.62. The fourth-order valence-electron chi connectivity index (χ4n) is 3.07. The summed E-state index contributed by atoms with van der Waals surface area (Å²) in [7, 11) is 0. The minimum absolute atomic E-state index is 0.984. The van der Waals surface area contributed by atoms with E-state index in [-0.39, 0.29) is 0 Å². The van der Waals surface area contributed by atoms with E-state index >= 15 is 0 Å². The van der Waals surface area contributed by atoms with Gasteiger partial charge in [-0.3, -0.25) is 0 Å². The zero-order chi connectivity index (χ0) is 18.3. The summed E-state index contributed by atoms with van der Waals surface area (Å²) in [6, 6.07) is 13.1. The van der Waals surface area contributed by atoms with Crippen LogP contribution in [-0.4, -0.2) is 44.5 Å². The van der Waals surface area contributed by atoms with Crippen LogP contribution in [0, 0.1) is 0 Å². The molecule has 0 saturated heterocycles. The molecular weight excluding hydrogens is 409 g/mol. The predicted molar refractivity (Wildman–Crippen MR) is 129 cm³/mol. The summed E-state index contributed by atoms with van der Waals surface area (Å²) >= 11 is 8.18. The van der Waals surface area contributed by atoms with Gasteiger partial charge in [0, 0.05) is 45.3 Å². The minimum atomic E-state index is 0.984. The summed E-state index contributed by atoms with van der Waals surface area (Å²) < 4.78 is 0. The van der Waals surface area contributed by atoms with Gasteiger partial charge >= 0.3 is 0 Å². The fourth-order valence-corrected chi connectivity index (χ4v) is 7.27. The smallest absolute Gasteiger partial charge is 0.0968 e. The molecule has 3 heterocycles. The summed E-state index contributed by atoms with van der Waals surface area (Å²) in [4.78, 5) is 9.97. The molecule has 2 nitrogen and oxygen atoms in total. The Kier molecular flexibility index (Phi) is 7.52. The number of fused-ring (bicyclic) bond motifs is 2. The van der Waals surface area contributed by atoms with E-state index in [4.69, 9.17) is 9.97 Å². The number of hydrogen-bond donors (Lipinski definition) is 0. The van der Waals surface area contributed by atoms with E-state index in [1.165, 1.54) is 63.1 Å². The topological polar surface area (TPSA) is 25.8 Å². The first-order valence-electron chi connectivity index (χ1n) is 9.39. The SMILES string of the molecule is c1cc2ccc3ccc4nc3c2nc1CSCCSCCCSCCSC4. The monoisotopic (exact) mass is 432 g/mol. The van der Waals surface area contributed by atoms with Gasteiger partial charge in [-0.05, 0) is 30.1 Å². The Morgan fingerprint density at radius 3 is 1.48 bits per heavy atom. The van der Waals surface area contributed by atoms with Crippen LogP contribution in [0.5, 0.6) is 0 Å². The molecule has 0 spiro atoms. The standard InChI is InChI=1S/C21H24N2S4/c1-8-24-10-12-26-14-18-6-4-16-2-3-17-5-7-19(15-27-13-11-25-9-1)23-21(17)20(16)22-18/h2-7H,1,8-15H2. The fraction of sp³-hybridized carbons (Fsp3) is 0.429. The normalized spacial score (nSPS) is 17.9. The van der Waals surface area contributed by atoms with Gasteiger partial charge in [0.1, 0.15) is 0 Å². The number of benzene rings is 1. The van der Waals surface area contributed by atoms with Crippen LogP contribution in [0.15, 0.2) is 36.4 Å². The van der Waals surface area contributed by atoms with Gasteiger partial charge in [-0.15, -0.1) is 0 Å². The molecule has 1 aliphatic rings. The van der Waals surface area contributed by atoms with Crippen LogP contribution in [0.2, 0.25) is 0 Å². The maximum atomic E-state index is 4.98. The molecule has 0 fully saturated rings. The average Bonchev–Trinajstić information content (AvgIpc) is 2.70. The van der Waals surface area contributed by atoms with Gasteiger partial charge in [-0.2, -0.15) is 47.0 Å². The van der Waals surface area contributed by atoms with E-state index in [9.17, 15) is 0 Å². The lowest BCUT2D eigenvalue weighted by molar-refractivity contribution is 1.12. The molecule has 4 bridgehead atoms. The van der Waals surface area contributed by atoms with Crippen molar-refractivity contribution >= 4 is 68.9 Å². The second-order valence-electron chi connectivity index (χ2n) is 6.50. The molecule has 6 heteroatoms. The molecule has 0 radical (unpaired) electrons. The van der Waals surface area contributed by atoms with Crippen LogP contribution < -0.4 is 0 Å². The third kappa shape index (κ3) is 5.49. The molecule has 1 aromatic carbocycles. The first-order valence-corrected chi connectivity index (χ1v) is 14.0. The van der Waals surface area contributed by atoms with Gasteiger partial charge in [0.25, 0.3) is 0 Å². The highest BCUT2D eigenvalue weighted by molar-refractivity contribution is 8.03. The quantitative estimate of drug-likeness (QED) is 0.397. The summed E-state index contributed by atoms with van der Waals surface area (Å²) in [5.74, 6) is 9.44. The van der Waals surface area contributed by atoms with Crippen molar-refractivity contribution < 1.29 is 0 Å². The summed E-state index contributed by atoms with van der Waals surface area (Å²) in [5, 5.41) is 2.37. The molecule has 0 N–H and O–H groups in total. The third-order valence-electron chi connectivity index (χ3n) is 4.46. The second-order valence-corrected chi connectivity index (χ2v) is 11.2. The molecule has 4 rings (SSSR count). The molecule has 0 amide bonds. The van der Waals surface area contributed by atoms with Crippen molar-refractivity contribution in [1.82, 2.24) is 9.97 Å². The van der Waals surface area contributed by atoms with E-state index in [1.54, 1.807) is 0 Å². The molecule has 3 aromatic rings. The number of thioether (sulfide) groups is 4. The lowest BCUT2D eigenvalue weighted by atomic mass is 10.1. The number of aromatic nitrogens is 2. The Labute approximate surface area is 178 Å². The number of nitrogens with zero attached hydrogens (tertiary/aromatic N) is 2. The molecular formula is C21H24N2S4. The molecule has 0 unspecified atom stereocenters. The van der Waals surface area contributed by atoms with Crippen molar-refractivity contribution in [2.75, 3.05) is 34.5 Å². The second kappa shape index (κ2) is 10.3. The first kappa shape index (κ1) is 19.7. The Morgan fingerprint density at radius 2 is 0.963 bits per heavy atom. The molecule has 27 heavy (non-hydrogen) atoms. The molecule has 0 atom stereocenters. The lowest BCUT2D eigenvalue weighted by Gasteiger charge is -2.08. The molecule has 0 aliphatic carbocycles. The van der Waals surface area contributed by atoms with Crippen molar-refractivity contribution in [3.63, 3.8) is 0 Å². The molecule has 0 saturated carbocycles. The van der Waals surface area contributed by atoms with Crippen molar-refractivity contribution in [3.05, 3.63) is 47.8 Å². The maximum absolute atomic E-state index is 4.98. The predicted octanol–water partition coefficient (Wildman–Crippen LogP) is 6.12. The van der Waals surface area contributed by atoms with Crippen LogP contribution in [0.4, 0.5) is 0 Å². The van der Waals surface area contributed by atoms with E-state index in [0.717, 1.165) is 22.5 Å². The van der Waals surface area contributed by atoms with Crippen LogP contribution in [0.3, 0.4) is 0 Å². The van der Waals surface area contributed by atoms with Crippen LogP contribution in [0.25, 0.3) is 21.8 Å². The van der Waals surface area contributed by atoms with Crippen molar-refractivity contribution in [2.24, 2.45) is 0 Å². The Bertz CT molecular complexity index is 827. The highest BCUT2D eigenvalue weighted by atomic mass is 32.2. The molecule has 2 aromatic heterocycles. The largest absolute Gasteiger partial charge is 0.250 e. The summed E-state index contributed by atoms with van der Waals surface area (Å²) in [6.07, 6.45) is 1.33. The summed E-state index contributed by atoms with van der Waals surface area (Å²) in [5.41, 5.74) is 4.45. The van der Waals surface area contributed by atoms with Gasteiger partial charge in [-0.1, -0.05) is 24.3 Å². The highest BCUT2D eigenvalue weighted by Crippen LogP contribution is 2.25. The minimum Gasteiger partial charge on any atom is -0.250 e. The third-order valence-corrected chi connectivity index (χ3v) is 9.10. The average molecular weight is 433 g/mol. The van der Waals surface area contributed by atoms with Crippen LogP contribution >= 0.6 is 47.0 Å². The Hall–Kier alpha value is -0.560. The van der Waals surface area contributed by atoms with Gasteiger partial charge in [0.15, 0.2) is 0 Å². The maximum Gasteiger partial charge on any atom is 0.0968 e. The van der Waals surface area contributed by atoms with Crippen molar-refractivity contribution in [1.29, 1.82) is 0 Å². The Morgan fingerprint density at radius 1 is 0.519 bits per heavy atom. The van der Waals surface area contributed by atoms with Crippen molar-refractivity contribution in [2.45, 2.75) is 17.9 Å². The van der Waals surface area contributed by atoms with Gasteiger partial charge in [-0.25, -0.2) is 9.97 Å². The summed E-state index contributed by atoms with van der Waals surface area (Å²) in [6.45, 7) is 0. The highest BCUT2D eigenvalue weighted by Gasteiger charge is 2.07. The zero-order valence-corrected chi connectivity index (χ0v) is 18.6. The van der Waals surface area contributed by atoms with E-state index < -0.39 is 0 Å². The first-order chi connectivity index (χ1) is 13.4. The van der Waals surface area contributed by atoms with E-state index in [2.05, 4.69) is 59.9 Å². The van der Waals surface area contributed by atoms with Gasteiger partial charge in [0.2, 0.25) is 0 Å². The van der Waals surface area contributed by atoms with Crippen molar-refractivity contribution in [3.8, 4) is 0 Å². The number of pyridine rings is 2. The zero-order valence-electron chi connectivity index (χ0n) is 15.4. The van der Waals surface area contributed by atoms with E-state index in [1.807, 2.05) is 23.5 Å². The van der Waals surface area contributed by atoms with E-state index in [0.29, 0.717) is 0 Å². The number of rotatable bonds is 0. The number of hydrogen-bond acceptors (Lipinski definition) is 6. The van der Waals surface area contributed by atoms with Gasteiger partial charge in [0.05, 0.1) is 22.4 Å². The lowest BCUT2D eigenvalue weighted by Crippen LogP contribution is -1.94. The van der Waals surface area contributed by atoms with Crippen LogP contribution in [-0.2, 0) is 11.5 Å². The molecule has 142 valence electrons. The molecule has 1 aliphatic heterocycles.